The summed E-state index contributed by atoms with van der Waals surface area (Å²) in [6.45, 7) is 0. The number of nitrogens with zero attached hydrogens (tertiary/aromatic N) is 2. The number of hydrogen-bond donors (Lipinski definition) is 1. The zero-order chi connectivity index (χ0) is 10.1. The fourth-order valence-electron chi connectivity index (χ4n) is 2.04. The summed E-state index contributed by atoms with van der Waals surface area (Å²) in [5, 5.41) is 0. The summed E-state index contributed by atoms with van der Waals surface area (Å²) >= 11 is 0. The van der Waals surface area contributed by atoms with Crippen molar-refractivity contribution >= 4 is 5.78 Å². The smallest absolute Gasteiger partial charge is 0.201 e. The summed E-state index contributed by atoms with van der Waals surface area (Å²) in [7, 11) is 1.84. The Labute approximate surface area is 83.1 Å². The first kappa shape index (κ1) is 9.40. The van der Waals surface area contributed by atoms with Crippen molar-refractivity contribution in [3.05, 3.63) is 18.2 Å². The van der Waals surface area contributed by atoms with E-state index in [1.54, 1.807) is 17.0 Å². The van der Waals surface area contributed by atoms with Crippen LogP contribution in [0.25, 0.3) is 0 Å². The van der Waals surface area contributed by atoms with E-state index in [2.05, 4.69) is 4.98 Å². The van der Waals surface area contributed by atoms with Crippen LogP contribution in [0.15, 0.2) is 12.4 Å². The Kier molecular flexibility index (Phi) is 2.37. The number of Topliss-reactive ketones (excluding diaryl/α,β-unsaturated/α-hetero) is 1. The Balaban J connectivity index is 2.13. The Bertz CT molecular complexity index is 345. The Morgan fingerprint density at radius 2 is 2.43 bits per heavy atom. The van der Waals surface area contributed by atoms with Gasteiger partial charge in [0.1, 0.15) is 0 Å². The number of carbonyl (C=O) groups excluding carboxylic acids is 1. The quantitative estimate of drug-likeness (QED) is 0.704. The van der Waals surface area contributed by atoms with E-state index < -0.39 is 0 Å². The fraction of sp³-hybridized carbons (Fsp3) is 0.600. The van der Waals surface area contributed by atoms with E-state index in [1.165, 1.54) is 0 Å². The molecule has 14 heavy (non-hydrogen) atoms. The third-order valence-corrected chi connectivity index (χ3v) is 2.89. The molecule has 1 fully saturated rings. The second-order valence-electron chi connectivity index (χ2n) is 4.00. The van der Waals surface area contributed by atoms with Crippen molar-refractivity contribution in [2.24, 2.45) is 18.7 Å². The molecule has 1 aliphatic rings. The summed E-state index contributed by atoms with van der Waals surface area (Å²) in [4.78, 5) is 16.0. The van der Waals surface area contributed by atoms with Crippen molar-refractivity contribution < 1.29 is 4.79 Å². The molecule has 1 aromatic rings. The van der Waals surface area contributed by atoms with Gasteiger partial charge in [0, 0.05) is 31.4 Å². The molecular weight excluding hydrogens is 178 g/mol. The van der Waals surface area contributed by atoms with Gasteiger partial charge in [-0.3, -0.25) is 4.79 Å². The molecule has 2 unspecified atom stereocenters. The molecule has 2 rings (SSSR count). The van der Waals surface area contributed by atoms with Gasteiger partial charge in [-0.2, -0.15) is 0 Å². The molecule has 2 atom stereocenters. The molecule has 0 aromatic carbocycles. The van der Waals surface area contributed by atoms with Crippen LogP contribution in [0.5, 0.6) is 0 Å². The zero-order valence-electron chi connectivity index (χ0n) is 8.31. The monoisotopic (exact) mass is 193 g/mol. The van der Waals surface area contributed by atoms with Gasteiger partial charge in [-0.1, -0.05) is 0 Å². The molecule has 0 saturated heterocycles. The zero-order valence-corrected chi connectivity index (χ0v) is 8.31. The molecule has 4 nitrogen and oxygen atoms in total. The molecule has 0 aliphatic heterocycles. The molecule has 1 heterocycles. The summed E-state index contributed by atoms with van der Waals surface area (Å²) in [6, 6.07) is 0.198. The molecule has 76 valence electrons. The highest BCUT2D eigenvalue weighted by Crippen LogP contribution is 2.26. The third kappa shape index (κ3) is 1.57. The molecule has 1 aliphatic carbocycles. The average molecular weight is 193 g/mol. The SMILES string of the molecule is Cn1ccnc1C(=O)C1CCC(N)C1. The fourth-order valence-corrected chi connectivity index (χ4v) is 2.04. The van der Waals surface area contributed by atoms with Crippen molar-refractivity contribution in [3.63, 3.8) is 0 Å². The van der Waals surface area contributed by atoms with Crippen LogP contribution in [-0.4, -0.2) is 21.4 Å². The summed E-state index contributed by atoms with van der Waals surface area (Å²) < 4.78 is 1.77. The van der Waals surface area contributed by atoms with E-state index in [0.29, 0.717) is 5.82 Å². The molecule has 4 heteroatoms. The standard InChI is InChI=1S/C10H15N3O/c1-13-5-4-12-10(13)9(14)7-2-3-8(11)6-7/h4-5,7-8H,2-3,6,11H2,1H3. The van der Waals surface area contributed by atoms with Gasteiger partial charge in [-0.05, 0) is 19.3 Å². The average Bonchev–Trinajstić information content (AvgIpc) is 2.73. The minimum absolute atomic E-state index is 0.0890. The predicted molar refractivity (Wildman–Crippen MR) is 52.9 cm³/mol. The number of ketones is 1. The van der Waals surface area contributed by atoms with Gasteiger partial charge in [0.2, 0.25) is 5.78 Å². The number of aromatic nitrogens is 2. The van der Waals surface area contributed by atoms with E-state index in [4.69, 9.17) is 5.73 Å². The topological polar surface area (TPSA) is 60.9 Å². The largest absolute Gasteiger partial charge is 0.332 e. The first-order chi connectivity index (χ1) is 6.68. The highest BCUT2D eigenvalue weighted by atomic mass is 16.1. The minimum atomic E-state index is 0.0890. The minimum Gasteiger partial charge on any atom is -0.332 e. The van der Waals surface area contributed by atoms with Crippen LogP contribution in [0.3, 0.4) is 0 Å². The predicted octanol–water partition coefficient (Wildman–Crippen LogP) is 0.730. The van der Waals surface area contributed by atoms with Gasteiger partial charge in [0.25, 0.3) is 0 Å². The van der Waals surface area contributed by atoms with Crippen LogP contribution in [0, 0.1) is 5.92 Å². The lowest BCUT2D eigenvalue weighted by molar-refractivity contribution is 0.0908. The van der Waals surface area contributed by atoms with Crippen LogP contribution < -0.4 is 5.73 Å². The highest BCUT2D eigenvalue weighted by molar-refractivity contribution is 5.94. The molecule has 0 spiro atoms. The number of nitrogens with two attached hydrogens (primary N) is 1. The van der Waals surface area contributed by atoms with Crippen molar-refractivity contribution in [1.29, 1.82) is 0 Å². The first-order valence-electron chi connectivity index (χ1n) is 4.95. The number of imidazole rings is 1. The lowest BCUT2D eigenvalue weighted by Crippen LogP contribution is -2.20. The highest BCUT2D eigenvalue weighted by Gasteiger charge is 2.30. The second kappa shape index (κ2) is 3.53. The molecule has 0 amide bonds. The molecule has 0 radical (unpaired) electrons. The van der Waals surface area contributed by atoms with E-state index in [-0.39, 0.29) is 17.7 Å². The van der Waals surface area contributed by atoms with Crippen LogP contribution in [-0.2, 0) is 7.05 Å². The van der Waals surface area contributed by atoms with Gasteiger partial charge in [-0.15, -0.1) is 0 Å². The molecule has 1 aromatic heterocycles. The van der Waals surface area contributed by atoms with Crippen LogP contribution >= 0.6 is 0 Å². The van der Waals surface area contributed by atoms with Crippen molar-refractivity contribution in [2.45, 2.75) is 25.3 Å². The molecule has 0 bridgehead atoms. The maximum absolute atomic E-state index is 11.9. The lowest BCUT2D eigenvalue weighted by Gasteiger charge is -2.07. The summed E-state index contributed by atoms with van der Waals surface area (Å²) in [5.41, 5.74) is 5.77. The van der Waals surface area contributed by atoms with Gasteiger partial charge in [-0.25, -0.2) is 4.98 Å². The molecule has 1 saturated carbocycles. The van der Waals surface area contributed by atoms with Gasteiger partial charge >= 0.3 is 0 Å². The Morgan fingerprint density at radius 3 is 2.93 bits per heavy atom. The van der Waals surface area contributed by atoms with Crippen molar-refractivity contribution in [3.8, 4) is 0 Å². The third-order valence-electron chi connectivity index (χ3n) is 2.89. The number of carbonyl (C=O) groups is 1. The van der Waals surface area contributed by atoms with Gasteiger partial charge in [0.15, 0.2) is 5.82 Å². The normalized spacial score (nSPS) is 26.7. The number of hydrogen-bond acceptors (Lipinski definition) is 3. The summed E-state index contributed by atoms with van der Waals surface area (Å²) in [5.74, 6) is 0.792. The second-order valence-corrected chi connectivity index (χ2v) is 4.00. The molecule has 2 N–H and O–H groups in total. The van der Waals surface area contributed by atoms with Gasteiger partial charge in [0.05, 0.1) is 0 Å². The van der Waals surface area contributed by atoms with E-state index in [1.807, 2.05) is 7.05 Å². The first-order valence-corrected chi connectivity index (χ1v) is 4.95. The van der Waals surface area contributed by atoms with Crippen molar-refractivity contribution in [1.82, 2.24) is 9.55 Å². The maximum Gasteiger partial charge on any atom is 0.201 e. The van der Waals surface area contributed by atoms with E-state index in [0.717, 1.165) is 19.3 Å². The van der Waals surface area contributed by atoms with Crippen LogP contribution in [0.2, 0.25) is 0 Å². The molecular formula is C10H15N3O. The van der Waals surface area contributed by atoms with E-state index >= 15 is 0 Å². The van der Waals surface area contributed by atoms with Gasteiger partial charge < -0.3 is 10.3 Å². The van der Waals surface area contributed by atoms with Crippen LogP contribution in [0.1, 0.15) is 29.9 Å². The number of rotatable bonds is 2. The van der Waals surface area contributed by atoms with Crippen LogP contribution in [0.4, 0.5) is 0 Å². The number of aryl methyl sites for hydroxylation is 1. The van der Waals surface area contributed by atoms with E-state index in [9.17, 15) is 4.79 Å². The maximum atomic E-state index is 11.9. The summed E-state index contributed by atoms with van der Waals surface area (Å²) in [6.07, 6.45) is 6.13. The lowest BCUT2D eigenvalue weighted by atomic mass is 10.0. The van der Waals surface area contributed by atoms with Crippen molar-refractivity contribution in [2.75, 3.05) is 0 Å². The Morgan fingerprint density at radius 1 is 1.64 bits per heavy atom. The Hall–Kier alpha value is -1.16.